The number of amides is 2. The second-order valence-corrected chi connectivity index (χ2v) is 10.9. The minimum atomic E-state index is -0.177. The molecule has 2 N–H and O–H groups in total. The van der Waals surface area contributed by atoms with Crippen molar-refractivity contribution < 1.29 is 19.2 Å². The lowest BCUT2D eigenvalue weighted by molar-refractivity contribution is -0.115. The van der Waals surface area contributed by atoms with Crippen molar-refractivity contribution in [3.8, 4) is 10.0 Å². The number of anilines is 2. The molecular weight excluding hydrogens is 544 g/mol. The van der Waals surface area contributed by atoms with Gasteiger partial charge < -0.3 is 10.6 Å². The van der Waals surface area contributed by atoms with Crippen molar-refractivity contribution in [2.75, 3.05) is 10.6 Å². The van der Waals surface area contributed by atoms with Crippen LogP contribution in [0.5, 0.6) is 0 Å². The first kappa shape index (κ1) is 28.5. The van der Waals surface area contributed by atoms with Gasteiger partial charge in [0.25, 0.3) is 0 Å². The Morgan fingerprint density at radius 3 is 1.30 bits per heavy atom. The summed E-state index contributed by atoms with van der Waals surface area (Å²) in [6, 6.07) is 14.3. The van der Waals surface area contributed by atoms with Gasteiger partial charge in [-0.3, -0.25) is 19.2 Å². The number of carbonyl (C=O) groups is 4. The molecule has 2 aromatic heterocycles. The first-order chi connectivity index (χ1) is 19.1. The van der Waals surface area contributed by atoms with Crippen LogP contribution in [0.15, 0.2) is 60.7 Å². The lowest BCUT2D eigenvalue weighted by Crippen LogP contribution is -2.05. The van der Waals surface area contributed by atoms with E-state index >= 15 is 0 Å². The molecule has 2 aromatic carbocycles. The summed E-state index contributed by atoms with van der Waals surface area (Å²) in [6.07, 6.45) is 6.41. The van der Waals surface area contributed by atoms with Gasteiger partial charge in [0.2, 0.25) is 11.8 Å². The van der Waals surface area contributed by atoms with Crippen LogP contribution in [-0.2, 0) is 9.59 Å². The van der Waals surface area contributed by atoms with Crippen molar-refractivity contribution in [3.63, 3.8) is 0 Å². The SMILES string of the molecule is CC(=O)Nc1ccc(/C=C\C(=O)c2sc(-c3nc(C)c(C(=O)/C=C/c4ccc(NC(C)=O)cc4)s3)nc2C)cc1. The Labute approximate surface area is 239 Å². The predicted octanol–water partition coefficient (Wildman–Crippen LogP) is 6.59. The maximum absolute atomic E-state index is 12.9. The summed E-state index contributed by atoms with van der Waals surface area (Å²) in [5.74, 6) is -0.650. The summed E-state index contributed by atoms with van der Waals surface area (Å²) >= 11 is 2.49. The largest absolute Gasteiger partial charge is 0.326 e. The number of allylic oxidation sites excluding steroid dienone is 2. The van der Waals surface area contributed by atoms with Gasteiger partial charge in [-0.05, 0) is 61.4 Å². The lowest BCUT2D eigenvalue weighted by Gasteiger charge is -2.01. The molecular formula is C30H26N4O4S2. The van der Waals surface area contributed by atoms with Gasteiger partial charge in [0.15, 0.2) is 21.6 Å². The fourth-order valence-corrected chi connectivity index (χ4v) is 5.68. The van der Waals surface area contributed by atoms with E-state index in [-0.39, 0.29) is 23.4 Å². The van der Waals surface area contributed by atoms with Gasteiger partial charge in [-0.25, -0.2) is 9.97 Å². The normalized spacial score (nSPS) is 11.2. The Morgan fingerprint density at radius 2 is 0.975 bits per heavy atom. The topological polar surface area (TPSA) is 118 Å². The molecule has 0 spiro atoms. The van der Waals surface area contributed by atoms with E-state index < -0.39 is 0 Å². The zero-order valence-electron chi connectivity index (χ0n) is 22.3. The molecule has 0 fully saturated rings. The lowest BCUT2D eigenvalue weighted by atomic mass is 10.1. The van der Waals surface area contributed by atoms with Crippen LogP contribution in [0.1, 0.15) is 55.7 Å². The first-order valence-corrected chi connectivity index (χ1v) is 13.9. The number of hydrogen-bond donors (Lipinski definition) is 2. The predicted molar refractivity (Wildman–Crippen MR) is 161 cm³/mol. The third kappa shape index (κ3) is 7.31. The van der Waals surface area contributed by atoms with E-state index in [1.165, 1.54) is 48.7 Å². The van der Waals surface area contributed by atoms with Crippen LogP contribution in [0, 0.1) is 13.8 Å². The van der Waals surface area contributed by atoms with Crippen LogP contribution in [0.25, 0.3) is 22.2 Å². The summed E-state index contributed by atoms with van der Waals surface area (Å²) in [5, 5.41) is 6.57. The van der Waals surface area contributed by atoms with Gasteiger partial charge >= 0.3 is 0 Å². The molecule has 2 amide bonds. The number of thiazole rings is 2. The Hall–Kier alpha value is -4.54. The highest BCUT2D eigenvalue weighted by molar-refractivity contribution is 7.23. The number of benzene rings is 2. The number of aryl methyl sites for hydroxylation is 2. The van der Waals surface area contributed by atoms with Crippen molar-refractivity contribution in [2.24, 2.45) is 0 Å². The Balaban J connectivity index is 1.45. The van der Waals surface area contributed by atoms with Crippen molar-refractivity contribution in [3.05, 3.63) is 93.0 Å². The molecule has 0 radical (unpaired) electrons. The van der Waals surface area contributed by atoms with Gasteiger partial charge in [-0.2, -0.15) is 0 Å². The zero-order valence-corrected chi connectivity index (χ0v) is 23.9. The molecule has 0 aliphatic rings. The summed E-state index contributed by atoms with van der Waals surface area (Å²) in [5.41, 5.74) is 4.20. The van der Waals surface area contributed by atoms with E-state index in [2.05, 4.69) is 20.6 Å². The highest BCUT2D eigenvalue weighted by Gasteiger charge is 2.20. The number of carbonyl (C=O) groups excluding carboxylic acids is 4. The molecule has 4 rings (SSSR count). The van der Waals surface area contributed by atoms with E-state index in [1.54, 1.807) is 50.3 Å². The highest BCUT2D eigenvalue weighted by Crippen LogP contribution is 2.33. The fraction of sp³-hybridized carbons (Fsp3) is 0.133. The number of rotatable bonds is 9. The second kappa shape index (κ2) is 12.5. The van der Waals surface area contributed by atoms with E-state index in [9.17, 15) is 19.2 Å². The Morgan fingerprint density at radius 1 is 0.625 bits per heavy atom. The van der Waals surface area contributed by atoms with Gasteiger partial charge in [-0.1, -0.05) is 36.4 Å². The number of ketones is 2. The molecule has 0 unspecified atom stereocenters. The van der Waals surface area contributed by atoms with E-state index in [0.717, 1.165) is 11.1 Å². The van der Waals surface area contributed by atoms with E-state index in [4.69, 9.17) is 0 Å². The van der Waals surface area contributed by atoms with Gasteiger partial charge in [0.05, 0.1) is 21.1 Å². The second-order valence-electron chi connectivity index (χ2n) is 8.87. The molecule has 0 atom stereocenters. The number of nitrogens with one attached hydrogen (secondary N) is 2. The van der Waals surface area contributed by atoms with Crippen LogP contribution in [-0.4, -0.2) is 33.3 Å². The molecule has 0 saturated heterocycles. The van der Waals surface area contributed by atoms with Crippen molar-refractivity contribution in [1.82, 2.24) is 9.97 Å². The average molecular weight is 571 g/mol. The molecule has 0 aliphatic carbocycles. The summed E-state index contributed by atoms with van der Waals surface area (Å²) in [7, 11) is 0. The Bertz CT molecular complexity index is 1520. The summed E-state index contributed by atoms with van der Waals surface area (Å²) in [6.45, 7) is 6.44. The molecule has 2 heterocycles. The summed E-state index contributed by atoms with van der Waals surface area (Å²) in [4.78, 5) is 58.2. The van der Waals surface area contributed by atoms with Crippen LogP contribution in [0.4, 0.5) is 11.4 Å². The fourth-order valence-electron chi connectivity index (χ4n) is 3.69. The molecule has 202 valence electrons. The molecule has 4 aromatic rings. The Kier molecular flexibility index (Phi) is 8.93. The number of nitrogens with zero attached hydrogens (tertiary/aromatic N) is 2. The average Bonchev–Trinajstić information content (AvgIpc) is 3.49. The third-order valence-corrected chi connectivity index (χ3v) is 8.03. The zero-order chi connectivity index (χ0) is 28.8. The van der Waals surface area contributed by atoms with Crippen molar-refractivity contribution in [2.45, 2.75) is 27.7 Å². The standard InChI is InChI=1S/C30H26N4O4S2/c1-17-27(25(37)15-9-21-5-11-23(12-6-21)33-19(3)35)39-29(31-17)30-32-18(2)28(40-30)26(38)16-10-22-7-13-24(14-8-22)34-20(4)36/h5-16H,1-4H3,(H,33,35)(H,34,36)/b15-9-,16-10+. The van der Waals surface area contributed by atoms with Gasteiger partial charge in [0.1, 0.15) is 0 Å². The molecule has 40 heavy (non-hydrogen) atoms. The van der Waals surface area contributed by atoms with Crippen LogP contribution in [0.2, 0.25) is 0 Å². The van der Waals surface area contributed by atoms with E-state index in [1.807, 2.05) is 24.3 Å². The molecule has 10 heteroatoms. The van der Waals surface area contributed by atoms with Gasteiger partial charge in [0, 0.05) is 25.2 Å². The molecule has 8 nitrogen and oxygen atoms in total. The molecule has 0 bridgehead atoms. The smallest absolute Gasteiger partial charge is 0.221 e. The van der Waals surface area contributed by atoms with Gasteiger partial charge in [-0.15, -0.1) is 22.7 Å². The van der Waals surface area contributed by atoms with Crippen molar-refractivity contribution in [1.29, 1.82) is 0 Å². The monoisotopic (exact) mass is 570 g/mol. The number of aromatic nitrogens is 2. The van der Waals surface area contributed by atoms with Crippen LogP contribution in [0.3, 0.4) is 0 Å². The first-order valence-electron chi connectivity index (χ1n) is 12.2. The van der Waals surface area contributed by atoms with Crippen molar-refractivity contribution >= 4 is 69.6 Å². The van der Waals surface area contributed by atoms with E-state index in [0.29, 0.717) is 42.5 Å². The maximum atomic E-state index is 12.9. The molecule has 0 aliphatic heterocycles. The maximum Gasteiger partial charge on any atom is 0.221 e. The molecule has 0 saturated carbocycles. The summed E-state index contributed by atoms with van der Waals surface area (Å²) < 4.78 is 0. The number of hydrogen-bond acceptors (Lipinski definition) is 8. The highest BCUT2D eigenvalue weighted by atomic mass is 32.1. The third-order valence-electron chi connectivity index (χ3n) is 5.54. The van der Waals surface area contributed by atoms with Crippen LogP contribution >= 0.6 is 22.7 Å². The van der Waals surface area contributed by atoms with Crippen LogP contribution < -0.4 is 10.6 Å². The minimum absolute atomic E-state index is 0.148. The quantitative estimate of drug-likeness (QED) is 0.173. The minimum Gasteiger partial charge on any atom is -0.326 e.